The van der Waals surface area contributed by atoms with Crippen molar-refractivity contribution in [3.8, 4) is 16.9 Å². The summed E-state index contributed by atoms with van der Waals surface area (Å²) in [6.07, 6.45) is 4.62. The lowest BCUT2D eigenvalue weighted by molar-refractivity contribution is -0.122. The summed E-state index contributed by atoms with van der Waals surface area (Å²) < 4.78 is 7.85. The summed E-state index contributed by atoms with van der Waals surface area (Å²) in [5.41, 5.74) is 12.3. The number of rotatable bonds is 11. The number of carbonyl (C=O) groups excluding carboxylic acids is 1. The number of thioether (sulfide) groups is 1. The second kappa shape index (κ2) is 10.7. The maximum atomic E-state index is 13.3. The molecule has 4 aromatic rings. The maximum absolute atomic E-state index is 13.3. The monoisotopic (exact) mass is 516 g/mol. The number of nitrogens with two attached hydrogens (primary N) is 1. The van der Waals surface area contributed by atoms with Gasteiger partial charge in [0.1, 0.15) is 11.2 Å². The van der Waals surface area contributed by atoms with Crippen LogP contribution in [0.3, 0.4) is 0 Å². The van der Waals surface area contributed by atoms with E-state index < -0.39 is 5.41 Å². The molecule has 36 heavy (non-hydrogen) atoms. The number of nitrogens with zero attached hydrogens (tertiary/aromatic N) is 1. The van der Waals surface area contributed by atoms with E-state index in [1.165, 1.54) is 11.1 Å². The topological polar surface area (TPSA) is 65.2 Å². The van der Waals surface area contributed by atoms with Gasteiger partial charge in [-0.1, -0.05) is 74.0 Å². The Kier molecular flexibility index (Phi) is 7.35. The standard InChI is InChI=1S/C30H32N2O2S2/c1-3-10-20-11-9-13-23-22-12-5-6-14-24(22)30(27(20)23,28(31)33)17-7-8-18-35-29-32-25-16-15-21(34-4-2)19-26(25)36-29/h5-6,9,11-16,19H,3-4,7-8,10,17-18H2,1-2H3,(H2,31,33). The fourth-order valence-electron chi connectivity index (χ4n) is 5.52. The molecule has 1 atom stereocenters. The van der Waals surface area contributed by atoms with Crippen molar-refractivity contribution < 1.29 is 9.53 Å². The summed E-state index contributed by atoms with van der Waals surface area (Å²) >= 11 is 3.50. The summed E-state index contributed by atoms with van der Waals surface area (Å²) in [5.74, 6) is 1.61. The molecule has 1 aliphatic rings. The van der Waals surface area contributed by atoms with Gasteiger partial charge in [-0.3, -0.25) is 4.79 Å². The van der Waals surface area contributed by atoms with Crippen molar-refractivity contribution in [1.82, 2.24) is 4.98 Å². The Morgan fingerprint density at radius 3 is 2.69 bits per heavy atom. The van der Waals surface area contributed by atoms with Gasteiger partial charge in [-0.2, -0.15) is 0 Å². The smallest absolute Gasteiger partial charge is 0.232 e. The molecular weight excluding hydrogens is 484 g/mol. The van der Waals surface area contributed by atoms with Crippen molar-refractivity contribution in [1.29, 1.82) is 0 Å². The van der Waals surface area contributed by atoms with E-state index in [1.54, 1.807) is 23.1 Å². The third-order valence-electron chi connectivity index (χ3n) is 7.02. The number of unbranched alkanes of at least 4 members (excludes halogenated alkanes) is 1. The van der Waals surface area contributed by atoms with Gasteiger partial charge in [-0.05, 0) is 72.2 Å². The van der Waals surface area contributed by atoms with Gasteiger partial charge in [-0.25, -0.2) is 4.98 Å². The molecule has 186 valence electrons. The molecule has 1 aliphatic carbocycles. The molecule has 1 aromatic heterocycles. The number of amides is 1. The van der Waals surface area contributed by atoms with Crippen LogP contribution in [0, 0.1) is 0 Å². The van der Waals surface area contributed by atoms with Crippen molar-refractivity contribution >= 4 is 39.2 Å². The van der Waals surface area contributed by atoms with E-state index >= 15 is 0 Å². The molecule has 0 aliphatic heterocycles. The minimum absolute atomic E-state index is 0.235. The van der Waals surface area contributed by atoms with Gasteiger partial charge >= 0.3 is 0 Å². The number of benzene rings is 3. The molecule has 5 rings (SSSR count). The van der Waals surface area contributed by atoms with E-state index in [4.69, 9.17) is 15.5 Å². The van der Waals surface area contributed by atoms with Crippen molar-refractivity contribution in [3.63, 3.8) is 0 Å². The minimum atomic E-state index is -0.756. The molecule has 0 fully saturated rings. The van der Waals surface area contributed by atoms with E-state index in [0.717, 1.165) is 74.9 Å². The Balaban J connectivity index is 1.33. The average molecular weight is 517 g/mol. The van der Waals surface area contributed by atoms with Crippen LogP contribution >= 0.6 is 23.1 Å². The van der Waals surface area contributed by atoms with Gasteiger partial charge in [0, 0.05) is 5.75 Å². The van der Waals surface area contributed by atoms with E-state index in [1.807, 2.05) is 25.1 Å². The Morgan fingerprint density at radius 1 is 1.06 bits per heavy atom. The largest absolute Gasteiger partial charge is 0.494 e. The molecule has 0 radical (unpaired) electrons. The highest BCUT2D eigenvalue weighted by Gasteiger charge is 2.48. The summed E-state index contributed by atoms with van der Waals surface area (Å²) in [4.78, 5) is 18.0. The molecule has 0 bridgehead atoms. The van der Waals surface area contributed by atoms with Crippen LogP contribution in [0.15, 0.2) is 65.0 Å². The number of ether oxygens (including phenoxy) is 1. The molecule has 0 saturated heterocycles. The van der Waals surface area contributed by atoms with Crippen molar-refractivity contribution in [2.24, 2.45) is 5.73 Å². The van der Waals surface area contributed by atoms with Crippen LogP contribution < -0.4 is 10.5 Å². The first-order valence-electron chi connectivity index (χ1n) is 12.8. The number of hydrogen-bond acceptors (Lipinski definition) is 5. The van der Waals surface area contributed by atoms with Crippen molar-refractivity contribution in [3.05, 3.63) is 77.4 Å². The van der Waals surface area contributed by atoms with Crippen LogP contribution in [0.25, 0.3) is 21.3 Å². The van der Waals surface area contributed by atoms with Crippen molar-refractivity contribution in [2.45, 2.75) is 55.7 Å². The summed E-state index contributed by atoms with van der Waals surface area (Å²) in [7, 11) is 0. The number of carbonyl (C=O) groups is 1. The Labute approximate surface area is 221 Å². The highest BCUT2D eigenvalue weighted by molar-refractivity contribution is 8.01. The lowest BCUT2D eigenvalue weighted by Gasteiger charge is -2.30. The molecule has 1 amide bonds. The van der Waals surface area contributed by atoms with E-state index in [-0.39, 0.29) is 5.91 Å². The number of hydrogen-bond donors (Lipinski definition) is 1. The first-order chi connectivity index (χ1) is 17.6. The van der Waals surface area contributed by atoms with Gasteiger partial charge < -0.3 is 10.5 Å². The quantitative estimate of drug-likeness (QED) is 0.167. The predicted molar refractivity (Wildman–Crippen MR) is 151 cm³/mol. The van der Waals surface area contributed by atoms with Crippen LogP contribution in [-0.2, 0) is 16.6 Å². The minimum Gasteiger partial charge on any atom is -0.494 e. The number of fused-ring (bicyclic) bond motifs is 4. The first kappa shape index (κ1) is 24.8. The zero-order valence-electron chi connectivity index (χ0n) is 20.9. The average Bonchev–Trinajstić information content (AvgIpc) is 3.42. The third kappa shape index (κ3) is 4.41. The molecule has 0 saturated carbocycles. The van der Waals surface area contributed by atoms with Crippen LogP contribution in [-0.4, -0.2) is 23.3 Å². The molecule has 2 N–H and O–H groups in total. The zero-order chi connectivity index (χ0) is 25.1. The number of aryl methyl sites for hydroxylation is 1. The SMILES string of the molecule is CCCc1cccc2c1C(CCCCSc1nc3ccc(OCC)cc3s1)(C(N)=O)c1ccccc1-2. The zero-order valence-corrected chi connectivity index (χ0v) is 22.5. The lowest BCUT2D eigenvalue weighted by atomic mass is 9.71. The Bertz CT molecular complexity index is 1400. The summed E-state index contributed by atoms with van der Waals surface area (Å²) in [6, 6.07) is 20.8. The molecule has 1 unspecified atom stereocenters. The molecular formula is C30H32N2O2S2. The van der Waals surface area contributed by atoms with Gasteiger partial charge in [0.2, 0.25) is 5.91 Å². The molecule has 0 spiro atoms. The second-order valence-corrected chi connectivity index (χ2v) is 11.6. The second-order valence-electron chi connectivity index (χ2n) is 9.25. The number of aromatic nitrogens is 1. The molecule has 6 heteroatoms. The summed E-state index contributed by atoms with van der Waals surface area (Å²) in [6.45, 7) is 4.84. The van der Waals surface area contributed by atoms with Crippen LogP contribution in [0.1, 0.15) is 56.2 Å². The normalized spacial score (nSPS) is 16.2. The van der Waals surface area contributed by atoms with E-state index in [0.29, 0.717) is 6.61 Å². The fourth-order valence-corrected chi connectivity index (χ4v) is 7.69. The Hall–Kier alpha value is -2.83. The third-order valence-corrected chi connectivity index (χ3v) is 9.26. The van der Waals surface area contributed by atoms with Crippen LogP contribution in [0.4, 0.5) is 0 Å². The molecule has 4 nitrogen and oxygen atoms in total. The van der Waals surface area contributed by atoms with Crippen molar-refractivity contribution in [2.75, 3.05) is 12.4 Å². The van der Waals surface area contributed by atoms with Gasteiger partial charge in [0.15, 0.2) is 4.34 Å². The van der Waals surface area contributed by atoms with Crippen LogP contribution in [0.2, 0.25) is 0 Å². The first-order valence-corrected chi connectivity index (χ1v) is 14.6. The lowest BCUT2D eigenvalue weighted by Crippen LogP contribution is -2.41. The summed E-state index contributed by atoms with van der Waals surface area (Å²) in [5, 5.41) is 0. The Morgan fingerprint density at radius 2 is 1.89 bits per heavy atom. The number of primary amides is 1. The van der Waals surface area contributed by atoms with E-state index in [2.05, 4.69) is 49.4 Å². The predicted octanol–water partition coefficient (Wildman–Crippen LogP) is 7.36. The number of thiazole rings is 1. The van der Waals surface area contributed by atoms with Crippen LogP contribution in [0.5, 0.6) is 5.75 Å². The van der Waals surface area contributed by atoms with E-state index in [9.17, 15) is 4.79 Å². The highest BCUT2D eigenvalue weighted by atomic mass is 32.2. The van der Waals surface area contributed by atoms with Gasteiger partial charge in [0.05, 0.1) is 16.8 Å². The maximum Gasteiger partial charge on any atom is 0.232 e. The molecule has 1 heterocycles. The van der Waals surface area contributed by atoms with Gasteiger partial charge in [-0.15, -0.1) is 11.3 Å². The molecule has 3 aromatic carbocycles. The van der Waals surface area contributed by atoms with Gasteiger partial charge in [0.25, 0.3) is 0 Å². The highest BCUT2D eigenvalue weighted by Crippen LogP contribution is 2.53. The fraction of sp³-hybridized carbons (Fsp3) is 0.333.